The van der Waals surface area contributed by atoms with Gasteiger partial charge in [-0.25, -0.2) is 13.6 Å². The van der Waals surface area contributed by atoms with Gasteiger partial charge in [0.1, 0.15) is 0 Å². The summed E-state index contributed by atoms with van der Waals surface area (Å²) in [6.45, 7) is 0.000412. The zero-order valence-electron chi connectivity index (χ0n) is 12.9. The van der Waals surface area contributed by atoms with Crippen LogP contribution >= 0.6 is 0 Å². The maximum atomic E-state index is 12.1. The lowest BCUT2D eigenvalue weighted by atomic mass is 10.1. The summed E-state index contributed by atoms with van der Waals surface area (Å²) in [4.78, 5) is 21.6. The zero-order valence-corrected chi connectivity index (χ0v) is 13.7. The second-order valence-electron chi connectivity index (χ2n) is 5.15. The highest BCUT2D eigenvalue weighted by Gasteiger charge is 2.24. The standard InChI is InChI=1S/C15H15N3O6S/c16-25(23,24)14-5-4-12(7-13(14)18(21)22)15(20)17-8-10-2-1-3-11(6-10)9-19/h1-7,19H,8-9H2,(H,17,20)(H2,16,23,24). The molecule has 0 bridgehead atoms. The van der Waals surface area contributed by atoms with Crippen LogP contribution in [-0.4, -0.2) is 24.4 Å². The average Bonchev–Trinajstić information content (AvgIpc) is 2.58. The van der Waals surface area contributed by atoms with E-state index < -0.39 is 31.4 Å². The van der Waals surface area contributed by atoms with Crippen molar-refractivity contribution in [3.63, 3.8) is 0 Å². The first-order valence-electron chi connectivity index (χ1n) is 7.00. The van der Waals surface area contributed by atoms with Crippen molar-refractivity contribution >= 4 is 21.6 Å². The van der Waals surface area contributed by atoms with E-state index >= 15 is 0 Å². The molecule has 0 spiro atoms. The maximum Gasteiger partial charge on any atom is 0.290 e. The van der Waals surface area contributed by atoms with Crippen LogP contribution < -0.4 is 10.5 Å². The number of nitro benzene ring substituents is 1. The number of nitro groups is 1. The fourth-order valence-electron chi connectivity index (χ4n) is 2.16. The Kier molecular flexibility index (Phi) is 5.47. The number of nitrogens with zero attached hydrogens (tertiary/aromatic N) is 1. The first-order valence-corrected chi connectivity index (χ1v) is 8.55. The number of aliphatic hydroxyl groups is 1. The number of nitrogens with one attached hydrogen (secondary N) is 1. The Labute approximate surface area is 143 Å². The molecular formula is C15H15N3O6S. The Hall–Kier alpha value is -2.82. The molecule has 0 unspecified atom stereocenters. The van der Waals surface area contributed by atoms with Gasteiger partial charge in [0.2, 0.25) is 10.0 Å². The molecule has 2 aromatic rings. The van der Waals surface area contributed by atoms with Gasteiger partial charge in [0.05, 0.1) is 11.5 Å². The Morgan fingerprint density at radius 2 is 1.88 bits per heavy atom. The molecule has 0 aliphatic carbocycles. The molecule has 0 heterocycles. The van der Waals surface area contributed by atoms with E-state index in [-0.39, 0.29) is 18.7 Å². The number of nitrogens with two attached hydrogens (primary N) is 1. The minimum atomic E-state index is -4.28. The van der Waals surface area contributed by atoms with Crippen LogP contribution in [0.2, 0.25) is 0 Å². The highest BCUT2D eigenvalue weighted by atomic mass is 32.2. The molecule has 25 heavy (non-hydrogen) atoms. The molecule has 0 aliphatic rings. The van der Waals surface area contributed by atoms with Crippen molar-refractivity contribution < 1.29 is 23.2 Å². The van der Waals surface area contributed by atoms with Crippen molar-refractivity contribution in [2.75, 3.05) is 0 Å². The van der Waals surface area contributed by atoms with Crippen molar-refractivity contribution in [3.05, 3.63) is 69.3 Å². The second-order valence-corrected chi connectivity index (χ2v) is 6.68. The first-order chi connectivity index (χ1) is 11.7. The quantitative estimate of drug-likeness (QED) is 0.505. The van der Waals surface area contributed by atoms with E-state index in [0.29, 0.717) is 5.56 Å². The predicted octanol–water partition coefficient (Wildman–Crippen LogP) is 0.664. The van der Waals surface area contributed by atoms with Gasteiger partial charge in [0.15, 0.2) is 4.90 Å². The molecule has 0 saturated heterocycles. The van der Waals surface area contributed by atoms with Crippen LogP contribution in [0, 0.1) is 10.1 Å². The van der Waals surface area contributed by atoms with E-state index in [2.05, 4.69) is 5.32 Å². The largest absolute Gasteiger partial charge is 0.392 e. The summed E-state index contributed by atoms with van der Waals surface area (Å²) >= 11 is 0. The summed E-state index contributed by atoms with van der Waals surface area (Å²) in [5, 5.41) is 27.6. The van der Waals surface area contributed by atoms with E-state index in [4.69, 9.17) is 10.2 Å². The number of sulfonamides is 1. The van der Waals surface area contributed by atoms with Gasteiger partial charge in [-0.3, -0.25) is 14.9 Å². The Balaban J connectivity index is 2.22. The lowest BCUT2D eigenvalue weighted by Crippen LogP contribution is -2.23. The number of aliphatic hydroxyl groups excluding tert-OH is 1. The molecule has 1 amide bonds. The molecule has 0 radical (unpaired) electrons. The van der Waals surface area contributed by atoms with Crippen molar-refractivity contribution in [1.29, 1.82) is 0 Å². The van der Waals surface area contributed by atoms with Gasteiger partial charge in [-0.15, -0.1) is 0 Å². The topological polar surface area (TPSA) is 153 Å². The Bertz CT molecular complexity index is 927. The van der Waals surface area contributed by atoms with Gasteiger partial charge in [0, 0.05) is 18.2 Å². The van der Waals surface area contributed by atoms with Crippen LogP contribution in [0.1, 0.15) is 21.5 Å². The molecule has 4 N–H and O–H groups in total. The molecule has 10 heteroatoms. The number of primary sulfonamides is 1. The van der Waals surface area contributed by atoms with E-state index in [9.17, 15) is 23.3 Å². The molecule has 132 valence electrons. The molecular weight excluding hydrogens is 350 g/mol. The van der Waals surface area contributed by atoms with E-state index in [1.165, 1.54) is 0 Å². The number of carbonyl (C=O) groups excluding carboxylic acids is 1. The smallest absolute Gasteiger partial charge is 0.290 e. The fraction of sp³-hybridized carbons (Fsp3) is 0.133. The molecule has 0 atom stereocenters. The lowest BCUT2D eigenvalue weighted by molar-refractivity contribution is -0.387. The monoisotopic (exact) mass is 365 g/mol. The highest BCUT2D eigenvalue weighted by Crippen LogP contribution is 2.24. The van der Waals surface area contributed by atoms with Crippen LogP contribution in [0.5, 0.6) is 0 Å². The summed E-state index contributed by atoms with van der Waals surface area (Å²) in [5.74, 6) is -0.613. The molecule has 0 aliphatic heterocycles. The normalized spacial score (nSPS) is 11.1. The van der Waals surface area contributed by atoms with Crippen molar-refractivity contribution in [1.82, 2.24) is 5.32 Å². The van der Waals surface area contributed by atoms with Crippen LogP contribution in [0.25, 0.3) is 0 Å². The van der Waals surface area contributed by atoms with Crippen molar-refractivity contribution in [2.24, 2.45) is 5.14 Å². The van der Waals surface area contributed by atoms with Gasteiger partial charge in [-0.2, -0.15) is 0 Å². The van der Waals surface area contributed by atoms with Gasteiger partial charge in [-0.1, -0.05) is 24.3 Å². The summed E-state index contributed by atoms with van der Waals surface area (Å²) in [6, 6.07) is 9.82. The van der Waals surface area contributed by atoms with Gasteiger partial charge < -0.3 is 10.4 Å². The lowest BCUT2D eigenvalue weighted by Gasteiger charge is -2.08. The zero-order chi connectivity index (χ0) is 18.6. The Morgan fingerprint density at radius 3 is 2.48 bits per heavy atom. The number of rotatable bonds is 6. The van der Waals surface area contributed by atoms with Crippen molar-refractivity contribution in [2.45, 2.75) is 18.0 Å². The number of hydrogen-bond acceptors (Lipinski definition) is 6. The van der Waals surface area contributed by atoms with E-state index in [0.717, 1.165) is 23.8 Å². The van der Waals surface area contributed by atoms with Gasteiger partial charge >= 0.3 is 0 Å². The van der Waals surface area contributed by atoms with Crippen molar-refractivity contribution in [3.8, 4) is 0 Å². The number of carbonyl (C=O) groups is 1. The van der Waals surface area contributed by atoms with Gasteiger partial charge in [-0.05, 0) is 23.3 Å². The molecule has 2 rings (SSSR count). The molecule has 0 fully saturated rings. The third kappa shape index (κ3) is 4.59. The summed E-state index contributed by atoms with van der Waals surface area (Å²) in [7, 11) is -4.28. The Morgan fingerprint density at radius 1 is 1.20 bits per heavy atom. The fourth-order valence-corrected chi connectivity index (χ4v) is 2.85. The van der Waals surface area contributed by atoms with E-state index in [1.807, 2.05) is 0 Å². The number of amides is 1. The van der Waals surface area contributed by atoms with Gasteiger partial charge in [0.25, 0.3) is 11.6 Å². The third-order valence-electron chi connectivity index (χ3n) is 3.35. The van der Waals surface area contributed by atoms with Crippen LogP contribution in [-0.2, 0) is 23.2 Å². The summed E-state index contributed by atoms with van der Waals surface area (Å²) in [6.07, 6.45) is 0. The first kappa shape index (κ1) is 18.5. The average molecular weight is 365 g/mol. The minimum absolute atomic E-state index is 0.0718. The van der Waals surface area contributed by atoms with Crippen LogP contribution in [0.15, 0.2) is 47.4 Å². The molecule has 2 aromatic carbocycles. The third-order valence-corrected chi connectivity index (χ3v) is 4.31. The SMILES string of the molecule is NS(=O)(=O)c1ccc(C(=O)NCc2cccc(CO)c2)cc1[N+](=O)[O-]. The second kappa shape index (κ2) is 7.38. The summed E-state index contributed by atoms with van der Waals surface area (Å²) in [5.41, 5.74) is 0.574. The predicted molar refractivity (Wildman–Crippen MR) is 88.0 cm³/mol. The number of hydrogen-bond donors (Lipinski definition) is 3. The molecule has 0 aromatic heterocycles. The van der Waals surface area contributed by atoms with Crippen LogP contribution in [0.3, 0.4) is 0 Å². The molecule has 0 saturated carbocycles. The highest BCUT2D eigenvalue weighted by molar-refractivity contribution is 7.89. The molecule has 9 nitrogen and oxygen atoms in total. The van der Waals surface area contributed by atoms with Crippen LogP contribution in [0.4, 0.5) is 5.69 Å². The minimum Gasteiger partial charge on any atom is -0.392 e. The summed E-state index contributed by atoms with van der Waals surface area (Å²) < 4.78 is 22.7. The van der Waals surface area contributed by atoms with E-state index in [1.54, 1.807) is 24.3 Å². The maximum absolute atomic E-state index is 12.1. The number of benzene rings is 2.